The van der Waals surface area contributed by atoms with Gasteiger partial charge in [-0.2, -0.15) is 0 Å². The summed E-state index contributed by atoms with van der Waals surface area (Å²) in [6.07, 6.45) is 2.36. The highest BCUT2D eigenvalue weighted by molar-refractivity contribution is 5.96. The van der Waals surface area contributed by atoms with Gasteiger partial charge in [-0.25, -0.2) is 5.84 Å². The molecule has 4 rings (SSSR count). The van der Waals surface area contributed by atoms with Crippen molar-refractivity contribution >= 4 is 5.91 Å². The van der Waals surface area contributed by atoms with Crippen molar-refractivity contribution in [1.29, 1.82) is 0 Å². The molecule has 0 radical (unpaired) electrons. The fourth-order valence-corrected chi connectivity index (χ4v) is 3.30. The van der Waals surface area contributed by atoms with Crippen molar-refractivity contribution in [2.75, 3.05) is 18.5 Å². The summed E-state index contributed by atoms with van der Waals surface area (Å²) in [5.74, 6) is 5.66. The highest BCUT2D eigenvalue weighted by Gasteiger charge is 2.40. The molecular weight excluding hydrogens is 348 g/mol. The van der Waals surface area contributed by atoms with Crippen LogP contribution in [0.5, 0.6) is 5.75 Å². The van der Waals surface area contributed by atoms with Gasteiger partial charge in [0.2, 0.25) is 5.43 Å². The largest absolute Gasteiger partial charge is 0.482 e. The Balaban J connectivity index is 1.70. The lowest BCUT2D eigenvalue weighted by molar-refractivity contribution is 0.0534. The summed E-state index contributed by atoms with van der Waals surface area (Å²) in [4.78, 5) is 27.1. The molecule has 5 N–H and O–H groups in total. The van der Waals surface area contributed by atoms with Crippen LogP contribution in [0.15, 0.2) is 59.3 Å². The predicted molar refractivity (Wildman–Crippen MR) is 98.8 cm³/mol. The summed E-state index contributed by atoms with van der Waals surface area (Å²) in [6, 6.07) is 10.8. The number of fused-ring (bicyclic) bond motifs is 2. The van der Waals surface area contributed by atoms with Gasteiger partial charge in [-0.05, 0) is 5.56 Å². The molecule has 3 heterocycles. The Labute approximate surface area is 155 Å². The number of nitrogens with one attached hydrogen (secondary N) is 1. The van der Waals surface area contributed by atoms with Gasteiger partial charge in [0, 0.05) is 25.0 Å². The summed E-state index contributed by atoms with van der Waals surface area (Å²) in [5.41, 5.74) is 10.1. The highest BCUT2D eigenvalue weighted by Crippen LogP contribution is 2.26. The van der Waals surface area contributed by atoms with Crippen molar-refractivity contribution < 1.29 is 9.53 Å². The van der Waals surface area contributed by atoms with Crippen molar-refractivity contribution in [1.82, 2.24) is 14.6 Å². The van der Waals surface area contributed by atoms with Crippen LogP contribution in [0, 0.1) is 0 Å². The zero-order chi connectivity index (χ0) is 19.0. The van der Waals surface area contributed by atoms with E-state index in [1.807, 2.05) is 30.3 Å². The summed E-state index contributed by atoms with van der Waals surface area (Å²) in [5, 5.41) is 1.50. The number of hydrogen-bond donors (Lipinski definition) is 3. The van der Waals surface area contributed by atoms with E-state index in [1.54, 1.807) is 4.90 Å². The van der Waals surface area contributed by atoms with E-state index in [9.17, 15) is 9.59 Å². The molecule has 9 nitrogen and oxygen atoms in total. The lowest BCUT2D eigenvalue weighted by Crippen LogP contribution is -2.63. The van der Waals surface area contributed by atoms with E-state index < -0.39 is 6.17 Å². The number of ether oxygens (including phenoxy) is 1. The Morgan fingerprint density at radius 3 is 2.70 bits per heavy atom. The number of piperazine rings is 1. The zero-order valence-corrected chi connectivity index (χ0v) is 14.5. The van der Waals surface area contributed by atoms with Crippen LogP contribution >= 0.6 is 0 Å². The average Bonchev–Trinajstić information content (AvgIpc) is 2.68. The maximum Gasteiger partial charge on any atom is 0.278 e. The van der Waals surface area contributed by atoms with E-state index in [0.717, 1.165) is 5.56 Å². The molecule has 0 saturated carbocycles. The molecule has 2 aliphatic heterocycles. The van der Waals surface area contributed by atoms with E-state index >= 15 is 0 Å². The Hall–Kier alpha value is -3.46. The number of aromatic nitrogens is 1. The molecule has 1 saturated heterocycles. The molecular formula is C18H20N6O3. The Morgan fingerprint density at radius 2 is 1.96 bits per heavy atom. The molecule has 1 atom stereocenters. The zero-order valence-electron chi connectivity index (χ0n) is 14.5. The summed E-state index contributed by atoms with van der Waals surface area (Å²) in [6.45, 7) is 1.02. The third kappa shape index (κ3) is 2.87. The highest BCUT2D eigenvalue weighted by atomic mass is 16.5. The SMILES string of the molecule is N/C=C1/C2Nn3ccc(=O)c(OCc4ccccc4)c3C(=O)N2CCN1N. The van der Waals surface area contributed by atoms with Gasteiger partial charge < -0.3 is 20.4 Å². The standard InChI is InChI=1S/C18H20N6O3/c19-10-13-17-21-24-7-6-14(25)16(27-11-12-4-2-1-3-5-12)15(24)18(26)22(17)8-9-23(13)20/h1-7,10,17,21H,8-9,11,19-20H2/b13-10-. The molecule has 1 aromatic heterocycles. The van der Waals surface area contributed by atoms with E-state index in [4.69, 9.17) is 16.3 Å². The van der Waals surface area contributed by atoms with E-state index in [1.165, 1.54) is 28.1 Å². The van der Waals surface area contributed by atoms with Crippen molar-refractivity contribution in [3.63, 3.8) is 0 Å². The minimum absolute atomic E-state index is 0.0192. The van der Waals surface area contributed by atoms with Gasteiger partial charge in [0.25, 0.3) is 5.91 Å². The summed E-state index contributed by atoms with van der Waals surface area (Å²) in [7, 11) is 0. The number of hydrogen-bond acceptors (Lipinski definition) is 7. The normalized spacial score (nSPS) is 20.1. The fourth-order valence-electron chi connectivity index (χ4n) is 3.30. The van der Waals surface area contributed by atoms with Crippen LogP contribution in [0.3, 0.4) is 0 Å². The summed E-state index contributed by atoms with van der Waals surface area (Å²) < 4.78 is 7.24. The van der Waals surface area contributed by atoms with Crippen molar-refractivity contribution in [2.24, 2.45) is 11.6 Å². The number of nitrogens with zero attached hydrogens (tertiary/aromatic N) is 3. The smallest absolute Gasteiger partial charge is 0.278 e. The van der Waals surface area contributed by atoms with Crippen molar-refractivity contribution in [3.8, 4) is 5.75 Å². The van der Waals surface area contributed by atoms with Gasteiger partial charge in [0.05, 0.1) is 12.2 Å². The lowest BCUT2D eigenvalue weighted by atomic mass is 10.1. The first-order valence-electron chi connectivity index (χ1n) is 8.54. The van der Waals surface area contributed by atoms with Gasteiger partial charge in [0.1, 0.15) is 6.61 Å². The maximum absolute atomic E-state index is 13.1. The van der Waals surface area contributed by atoms with E-state index in [0.29, 0.717) is 18.8 Å². The molecule has 2 aliphatic rings. The van der Waals surface area contributed by atoms with Gasteiger partial charge in [0.15, 0.2) is 17.6 Å². The molecule has 1 aromatic carbocycles. The predicted octanol–water partition coefficient (Wildman–Crippen LogP) is -0.258. The van der Waals surface area contributed by atoms with Gasteiger partial charge in [-0.3, -0.25) is 19.7 Å². The second-order valence-corrected chi connectivity index (χ2v) is 6.32. The number of amides is 1. The minimum Gasteiger partial charge on any atom is -0.482 e. The van der Waals surface area contributed by atoms with Crippen LogP contribution in [0.1, 0.15) is 16.1 Å². The molecule has 9 heteroatoms. The molecule has 1 fully saturated rings. The third-order valence-electron chi connectivity index (χ3n) is 4.68. The van der Waals surface area contributed by atoms with Crippen LogP contribution < -0.4 is 27.2 Å². The van der Waals surface area contributed by atoms with Gasteiger partial charge in [-0.15, -0.1) is 0 Å². The number of nitrogens with two attached hydrogens (primary N) is 2. The Bertz CT molecular complexity index is 955. The first kappa shape index (κ1) is 17.0. The second-order valence-electron chi connectivity index (χ2n) is 6.32. The fraction of sp³-hybridized carbons (Fsp3) is 0.222. The number of carbonyl (C=O) groups is 1. The van der Waals surface area contributed by atoms with E-state index in [-0.39, 0.29) is 29.4 Å². The minimum atomic E-state index is -0.516. The third-order valence-corrected chi connectivity index (χ3v) is 4.68. The van der Waals surface area contributed by atoms with Crippen molar-refractivity contribution in [3.05, 3.63) is 76.0 Å². The van der Waals surface area contributed by atoms with Crippen LogP contribution in [0.2, 0.25) is 0 Å². The average molecular weight is 368 g/mol. The Morgan fingerprint density at radius 1 is 1.19 bits per heavy atom. The lowest BCUT2D eigenvalue weighted by Gasteiger charge is -2.45. The number of pyridine rings is 1. The molecule has 1 amide bonds. The van der Waals surface area contributed by atoms with Crippen LogP contribution in [0.4, 0.5) is 0 Å². The van der Waals surface area contributed by atoms with E-state index in [2.05, 4.69) is 5.43 Å². The maximum atomic E-state index is 13.1. The molecule has 27 heavy (non-hydrogen) atoms. The molecule has 1 unspecified atom stereocenters. The Kier molecular flexibility index (Phi) is 4.21. The number of rotatable bonds is 3. The number of benzene rings is 1. The molecule has 2 aromatic rings. The summed E-state index contributed by atoms with van der Waals surface area (Å²) >= 11 is 0. The topological polar surface area (TPSA) is 119 Å². The molecule has 140 valence electrons. The molecule has 0 aliphatic carbocycles. The number of carbonyl (C=O) groups excluding carboxylic acids is 1. The monoisotopic (exact) mass is 368 g/mol. The number of hydrazine groups is 1. The van der Waals surface area contributed by atoms with Gasteiger partial charge >= 0.3 is 0 Å². The van der Waals surface area contributed by atoms with Crippen LogP contribution in [-0.2, 0) is 6.61 Å². The van der Waals surface area contributed by atoms with Crippen molar-refractivity contribution in [2.45, 2.75) is 12.8 Å². The quantitative estimate of drug-likeness (QED) is 0.639. The first-order chi connectivity index (χ1) is 13.1. The molecule has 0 bridgehead atoms. The van der Waals surface area contributed by atoms with Gasteiger partial charge in [-0.1, -0.05) is 30.3 Å². The van der Waals surface area contributed by atoms with Crippen LogP contribution in [0.25, 0.3) is 0 Å². The first-order valence-corrected chi connectivity index (χ1v) is 8.54. The van der Waals surface area contributed by atoms with Crippen LogP contribution in [-0.4, -0.2) is 39.7 Å². The second kappa shape index (κ2) is 6.69. The molecule has 0 spiro atoms.